The van der Waals surface area contributed by atoms with Crippen molar-refractivity contribution in [3.05, 3.63) is 95.3 Å². The number of H-pyrrole nitrogens is 1. The van der Waals surface area contributed by atoms with Crippen molar-refractivity contribution in [1.29, 1.82) is 0 Å². The van der Waals surface area contributed by atoms with Crippen LogP contribution in [0.1, 0.15) is 75.2 Å². The van der Waals surface area contributed by atoms with Crippen molar-refractivity contribution < 1.29 is 49.8 Å². The van der Waals surface area contributed by atoms with E-state index < -0.39 is 54.8 Å². The Bertz CT molecular complexity index is 2060. The molecular weight excluding hydrogens is 761 g/mol. The molecule has 0 aliphatic heterocycles. The van der Waals surface area contributed by atoms with Crippen LogP contribution in [0.5, 0.6) is 0 Å². The summed E-state index contributed by atoms with van der Waals surface area (Å²) in [7, 11) is 1.57. The van der Waals surface area contributed by atoms with E-state index in [0.29, 0.717) is 23.3 Å². The fourth-order valence-corrected chi connectivity index (χ4v) is 9.37. The minimum atomic E-state index is -1.55. The third-order valence-electron chi connectivity index (χ3n) is 11.9. The first-order valence-corrected chi connectivity index (χ1v) is 20.0. The van der Waals surface area contributed by atoms with E-state index in [2.05, 4.69) is 31.2 Å². The number of rotatable bonds is 16. The van der Waals surface area contributed by atoms with Crippen LogP contribution in [0.3, 0.4) is 0 Å². The number of carboxylic acid groups (broad SMARTS) is 1. The molecule has 4 aliphatic rings. The Hall–Kier alpha value is -5.23. The number of carbonyl (C=O) groups is 4. The van der Waals surface area contributed by atoms with Crippen molar-refractivity contribution in [3.63, 3.8) is 0 Å². The average Bonchev–Trinajstić information content (AvgIpc) is 3.69. The van der Waals surface area contributed by atoms with Crippen LogP contribution in [0.4, 0.5) is 5.69 Å². The maximum Gasteiger partial charge on any atom is 0.335 e. The van der Waals surface area contributed by atoms with Gasteiger partial charge in [-0.15, -0.1) is 0 Å². The molecule has 16 nitrogen and oxygen atoms in total. The molecule has 4 saturated carbocycles. The molecule has 3 aromatic carbocycles. The first-order chi connectivity index (χ1) is 28.3. The number of benzene rings is 3. The highest BCUT2D eigenvalue weighted by atomic mass is 16.4. The van der Waals surface area contributed by atoms with Crippen LogP contribution in [-0.4, -0.2) is 121 Å². The number of carbonyl (C=O) groups excluding carboxylic acids is 3. The molecule has 0 saturated heterocycles. The second-order valence-corrected chi connectivity index (χ2v) is 16.4. The molecule has 59 heavy (non-hydrogen) atoms. The van der Waals surface area contributed by atoms with Crippen LogP contribution in [0, 0.1) is 23.2 Å². The predicted molar refractivity (Wildman–Crippen MR) is 218 cm³/mol. The standard InChI is InChI=1S/C36H37N5O5.C7H17NO5/c42-32(37-19-36-16-22-9-23(17-36)11-24(10-22)18-36)27-14-29-30(39-20-38-29)15-28(27)33(43)41-31(12-21-5-2-1-3-6-21)34(44)40-26-8-4-7-25(13-26)35(45)46;1-8-2-4(10)6(12)7(13)5(11)3-9/h1-8,13-15,20,22-24,31H,9-12,16-19H2,(H,37,42)(H,38,39)(H,40,44)(H,41,43)(H,45,46);4-13H,2-3H2,1H3/t22?,23?,24?,31-,36?;4-,5+,6+,7+/m00/s1. The molecule has 316 valence electrons. The Kier molecular flexibility index (Phi) is 14.1. The maximum absolute atomic E-state index is 14.0. The van der Waals surface area contributed by atoms with Crippen LogP contribution in [0.15, 0.2) is 73.1 Å². The third-order valence-corrected chi connectivity index (χ3v) is 11.9. The fourth-order valence-electron chi connectivity index (χ4n) is 9.37. The first-order valence-electron chi connectivity index (χ1n) is 20.0. The summed E-state index contributed by atoms with van der Waals surface area (Å²) >= 11 is 0. The molecule has 0 unspecified atom stereocenters. The normalized spacial score (nSPS) is 22.9. The number of fused-ring (bicyclic) bond motifs is 1. The Morgan fingerprint density at radius 2 is 1.47 bits per heavy atom. The largest absolute Gasteiger partial charge is 0.478 e. The summed E-state index contributed by atoms with van der Waals surface area (Å²) in [6, 6.07) is 17.4. The van der Waals surface area contributed by atoms with E-state index in [1.165, 1.54) is 43.8 Å². The van der Waals surface area contributed by atoms with Gasteiger partial charge in [0.2, 0.25) is 5.91 Å². The molecule has 1 heterocycles. The second-order valence-electron chi connectivity index (χ2n) is 16.4. The van der Waals surface area contributed by atoms with Crippen molar-refractivity contribution >= 4 is 40.4 Å². The Labute approximate surface area is 341 Å². The van der Waals surface area contributed by atoms with E-state index in [1.54, 1.807) is 25.2 Å². The topological polar surface area (TPSA) is 266 Å². The number of likely N-dealkylation sites (N-methyl/N-ethyl adjacent to an activating group) is 1. The Morgan fingerprint density at radius 1 is 0.831 bits per heavy atom. The van der Waals surface area contributed by atoms with Crippen molar-refractivity contribution in [2.75, 3.05) is 32.1 Å². The minimum absolute atomic E-state index is 0.0259. The maximum atomic E-state index is 14.0. The van der Waals surface area contributed by atoms with Gasteiger partial charge in [0.25, 0.3) is 11.8 Å². The van der Waals surface area contributed by atoms with Crippen LogP contribution >= 0.6 is 0 Å². The van der Waals surface area contributed by atoms with Gasteiger partial charge in [0, 0.05) is 25.2 Å². The van der Waals surface area contributed by atoms with Crippen LogP contribution < -0.4 is 21.3 Å². The van der Waals surface area contributed by atoms with Gasteiger partial charge in [-0.25, -0.2) is 9.78 Å². The zero-order valence-corrected chi connectivity index (χ0v) is 32.9. The van der Waals surface area contributed by atoms with E-state index >= 15 is 0 Å². The summed E-state index contributed by atoms with van der Waals surface area (Å²) in [6.45, 7) is 0.0206. The molecule has 4 bridgehead atoms. The molecule has 5 atom stereocenters. The highest BCUT2D eigenvalue weighted by molar-refractivity contribution is 6.11. The van der Waals surface area contributed by atoms with Gasteiger partial charge in [-0.1, -0.05) is 36.4 Å². The summed E-state index contributed by atoms with van der Waals surface area (Å²) in [5, 5.41) is 65.7. The van der Waals surface area contributed by atoms with E-state index in [4.69, 9.17) is 20.4 Å². The van der Waals surface area contributed by atoms with Crippen molar-refractivity contribution in [3.8, 4) is 0 Å². The number of hydrogen-bond donors (Lipinski definition) is 11. The molecule has 4 aromatic rings. The summed E-state index contributed by atoms with van der Waals surface area (Å²) < 4.78 is 0. The number of anilines is 1. The predicted octanol–water partition coefficient (Wildman–Crippen LogP) is 1.83. The van der Waals surface area contributed by atoms with Gasteiger partial charge in [-0.3, -0.25) is 14.4 Å². The number of nitrogens with one attached hydrogen (secondary N) is 5. The summed E-state index contributed by atoms with van der Waals surface area (Å²) in [6.07, 6.45) is 3.44. The molecule has 11 N–H and O–H groups in total. The lowest BCUT2D eigenvalue weighted by Gasteiger charge is -2.56. The SMILES string of the molecule is CNC[C@H](O)[C@@H](O)[C@H](O)[C@H](O)CO.O=C(O)c1cccc(NC(=O)[C@H](Cc2ccccc2)NC(=O)c2cc3nc[nH]c3cc2C(=O)NCC23CC4CC(CC(C4)C2)C3)c1. The second kappa shape index (κ2) is 19.2. The Morgan fingerprint density at radius 3 is 2.10 bits per heavy atom. The molecule has 1 aromatic heterocycles. The number of aliphatic hydroxyl groups is 5. The van der Waals surface area contributed by atoms with E-state index in [-0.39, 0.29) is 41.0 Å². The van der Waals surface area contributed by atoms with Crippen LogP contribution in [-0.2, 0) is 11.2 Å². The first kappa shape index (κ1) is 43.4. The number of hydrogen-bond acceptors (Lipinski definition) is 11. The highest BCUT2D eigenvalue weighted by Gasteiger charge is 2.50. The van der Waals surface area contributed by atoms with Crippen molar-refractivity contribution in [2.24, 2.45) is 23.2 Å². The van der Waals surface area contributed by atoms with Crippen LogP contribution in [0.2, 0.25) is 0 Å². The molecule has 4 fully saturated rings. The van der Waals surface area contributed by atoms with E-state index in [9.17, 15) is 29.4 Å². The monoisotopic (exact) mass is 814 g/mol. The molecule has 8 rings (SSSR count). The lowest BCUT2D eigenvalue weighted by Crippen LogP contribution is -2.51. The van der Waals surface area contributed by atoms with Gasteiger partial charge in [0.15, 0.2) is 0 Å². The van der Waals surface area contributed by atoms with Gasteiger partial charge in [-0.2, -0.15) is 0 Å². The molecule has 3 amide bonds. The van der Waals surface area contributed by atoms with E-state index in [1.807, 2.05) is 30.3 Å². The fraction of sp³-hybridized carbons (Fsp3) is 0.465. The van der Waals surface area contributed by atoms with Gasteiger partial charge in [0.1, 0.15) is 24.4 Å². The van der Waals surface area contributed by atoms with Gasteiger partial charge in [0.05, 0.1) is 46.8 Å². The number of imidazole rings is 1. The average molecular weight is 815 g/mol. The summed E-state index contributed by atoms with van der Waals surface area (Å²) in [4.78, 5) is 60.2. The van der Waals surface area contributed by atoms with Gasteiger partial charge in [-0.05, 0) is 105 Å². The van der Waals surface area contributed by atoms with Crippen LogP contribution in [0.25, 0.3) is 11.0 Å². The zero-order chi connectivity index (χ0) is 42.3. The third kappa shape index (κ3) is 10.7. The summed E-state index contributed by atoms with van der Waals surface area (Å²) in [5.74, 6) is -0.283. The summed E-state index contributed by atoms with van der Waals surface area (Å²) in [5.41, 5.74) is 2.76. The lowest BCUT2D eigenvalue weighted by atomic mass is 9.49. The molecule has 0 radical (unpaired) electrons. The number of aromatic amines is 1. The lowest BCUT2D eigenvalue weighted by molar-refractivity contribution is -0.118. The molecular formula is C43H54N6O10. The Balaban J connectivity index is 0.000000390. The number of aromatic carboxylic acids is 1. The van der Waals surface area contributed by atoms with Crippen molar-refractivity contribution in [1.82, 2.24) is 25.9 Å². The van der Waals surface area contributed by atoms with E-state index in [0.717, 1.165) is 42.6 Å². The number of carboxylic acids is 1. The number of nitrogens with zero attached hydrogens (tertiary/aromatic N) is 1. The number of aliphatic hydroxyl groups excluding tert-OH is 5. The molecule has 4 aliphatic carbocycles. The van der Waals surface area contributed by atoms with Gasteiger partial charge >= 0.3 is 5.97 Å². The number of aromatic nitrogens is 2. The highest BCUT2D eigenvalue weighted by Crippen LogP contribution is 2.59. The zero-order valence-electron chi connectivity index (χ0n) is 32.9. The smallest absolute Gasteiger partial charge is 0.335 e. The van der Waals surface area contributed by atoms with Gasteiger partial charge < -0.3 is 56.9 Å². The quantitative estimate of drug-likeness (QED) is 0.0774. The number of amides is 3. The van der Waals surface area contributed by atoms with Crippen molar-refractivity contribution in [2.45, 2.75) is 75.4 Å². The minimum Gasteiger partial charge on any atom is -0.478 e. The molecule has 16 heteroatoms. The molecule has 0 spiro atoms.